The Morgan fingerprint density at radius 2 is 1.93 bits per heavy atom. The SMILES string of the molecule is O=C(c1ccncc1)N1CCC[C@@H](c2nc3ccc(-c4cccc(F)c4)cn3n2)C1. The van der Waals surface area contributed by atoms with Gasteiger partial charge in [-0.3, -0.25) is 9.78 Å². The van der Waals surface area contributed by atoms with E-state index in [1.807, 2.05) is 29.3 Å². The van der Waals surface area contributed by atoms with Crippen molar-refractivity contribution >= 4 is 11.6 Å². The van der Waals surface area contributed by atoms with Gasteiger partial charge < -0.3 is 4.90 Å². The van der Waals surface area contributed by atoms with Crippen LogP contribution in [0.25, 0.3) is 16.8 Å². The summed E-state index contributed by atoms with van der Waals surface area (Å²) in [6, 6.07) is 13.8. The number of carbonyl (C=O) groups is 1. The monoisotopic (exact) mass is 401 g/mol. The minimum atomic E-state index is -0.270. The molecule has 1 fully saturated rings. The number of fused-ring (bicyclic) bond motifs is 1. The van der Waals surface area contributed by atoms with Crippen molar-refractivity contribution in [2.24, 2.45) is 0 Å². The van der Waals surface area contributed by atoms with Crippen LogP contribution >= 0.6 is 0 Å². The fourth-order valence-electron chi connectivity index (χ4n) is 3.96. The molecular formula is C23H20FN5O. The molecule has 4 heterocycles. The fourth-order valence-corrected chi connectivity index (χ4v) is 3.96. The Hall–Kier alpha value is -3.61. The summed E-state index contributed by atoms with van der Waals surface area (Å²) in [5, 5.41) is 4.68. The van der Waals surface area contributed by atoms with Crippen molar-refractivity contribution in [2.75, 3.05) is 13.1 Å². The maximum Gasteiger partial charge on any atom is 0.253 e. The molecule has 0 radical (unpaired) electrons. The number of carbonyl (C=O) groups excluding carboxylic acids is 1. The van der Waals surface area contributed by atoms with E-state index in [9.17, 15) is 9.18 Å². The quantitative estimate of drug-likeness (QED) is 0.521. The summed E-state index contributed by atoms with van der Waals surface area (Å²) < 4.78 is 15.3. The summed E-state index contributed by atoms with van der Waals surface area (Å²) in [7, 11) is 0. The number of rotatable bonds is 3. The average Bonchev–Trinajstić information content (AvgIpc) is 3.23. The molecule has 1 atom stereocenters. The number of halogens is 1. The molecule has 6 nitrogen and oxygen atoms in total. The molecular weight excluding hydrogens is 381 g/mol. The fraction of sp³-hybridized carbons (Fsp3) is 0.217. The summed E-state index contributed by atoms with van der Waals surface area (Å²) in [5.74, 6) is 0.563. The largest absolute Gasteiger partial charge is 0.338 e. The van der Waals surface area contributed by atoms with Crippen molar-refractivity contribution in [3.63, 3.8) is 0 Å². The van der Waals surface area contributed by atoms with Gasteiger partial charge in [-0.2, -0.15) is 5.10 Å². The third-order valence-corrected chi connectivity index (χ3v) is 5.51. The standard InChI is InChI=1S/C23H20FN5O/c24-20-5-1-3-17(13-20)18-6-7-21-26-22(27-29(21)15-18)19-4-2-12-28(14-19)23(30)16-8-10-25-11-9-16/h1,3,5-11,13,15,19H,2,4,12,14H2/t19-/m1/s1. The summed E-state index contributed by atoms with van der Waals surface area (Å²) in [6.45, 7) is 1.32. The van der Waals surface area contributed by atoms with Gasteiger partial charge in [0.2, 0.25) is 0 Å². The molecule has 0 unspecified atom stereocenters. The summed E-state index contributed by atoms with van der Waals surface area (Å²) in [6.07, 6.45) is 6.98. The zero-order valence-electron chi connectivity index (χ0n) is 16.3. The van der Waals surface area contributed by atoms with E-state index < -0.39 is 0 Å². The minimum absolute atomic E-state index is 0.0132. The lowest BCUT2D eigenvalue weighted by atomic mass is 9.97. The van der Waals surface area contributed by atoms with Crippen LogP contribution in [0.2, 0.25) is 0 Å². The van der Waals surface area contributed by atoms with Crippen molar-refractivity contribution in [2.45, 2.75) is 18.8 Å². The third-order valence-electron chi connectivity index (χ3n) is 5.51. The van der Waals surface area contributed by atoms with Gasteiger partial charge in [-0.1, -0.05) is 12.1 Å². The molecule has 5 rings (SSSR count). The normalized spacial score (nSPS) is 16.7. The molecule has 1 aliphatic heterocycles. The maximum atomic E-state index is 13.6. The van der Waals surface area contributed by atoms with Crippen molar-refractivity contribution in [3.8, 4) is 11.1 Å². The first-order valence-electron chi connectivity index (χ1n) is 9.99. The molecule has 150 valence electrons. The lowest BCUT2D eigenvalue weighted by Gasteiger charge is -2.31. The minimum Gasteiger partial charge on any atom is -0.338 e. The first-order chi connectivity index (χ1) is 14.7. The van der Waals surface area contributed by atoms with Crippen LogP contribution in [0, 0.1) is 5.82 Å². The molecule has 0 spiro atoms. The highest BCUT2D eigenvalue weighted by atomic mass is 19.1. The number of likely N-dealkylation sites (tertiary alicyclic amines) is 1. The van der Waals surface area contributed by atoms with Crippen LogP contribution in [0.5, 0.6) is 0 Å². The predicted octanol–water partition coefficient (Wildman–Crippen LogP) is 3.95. The van der Waals surface area contributed by atoms with Gasteiger partial charge in [0.05, 0.1) is 0 Å². The predicted molar refractivity (Wildman–Crippen MR) is 110 cm³/mol. The summed E-state index contributed by atoms with van der Waals surface area (Å²) in [4.78, 5) is 23.3. The summed E-state index contributed by atoms with van der Waals surface area (Å²) in [5.41, 5.74) is 3.05. The van der Waals surface area contributed by atoms with E-state index in [-0.39, 0.29) is 17.6 Å². The Morgan fingerprint density at radius 1 is 1.07 bits per heavy atom. The van der Waals surface area contributed by atoms with Gasteiger partial charge in [-0.15, -0.1) is 0 Å². The highest BCUT2D eigenvalue weighted by Crippen LogP contribution is 2.27. The van der Waals surface area contributed by atoms with Crippen LogP contribution in [-0.4, -0.2) is 43.5 Å². The van der Waals surface area contributed by atoms with Gasteiger partial charge in [0.15, 0.2) is 11.5 Å². The number of aromatic nitrogens is 4. The molecule has 1 saturated heterocycles. The molecule has 30 heavy (non-hydrogen) atoms. The van der Waals surface area contributed by atoms with Crippen molar-refractivity contribution < 1.29 is 9.18 Å². The number of piperidine rings is 1. The van der Waals surface area contributed by atoms with Crippen LogP contribution in [0.3, 0.4) is 0 Å². The summed E-state index contributed by atoms with van der Waals surface area (Å²) >= 11 is 0. The molecule has 0 N–H and O–H groups in total. The first-order valence-corrected chi connectivity index (χ1v) is 9.99. The van der Waals surface area contributed by atoms with E-state index in [0.717, 1.165) is 42.0 Å². The molecule has 7 heteroatoms. The van der Waals surface area contributed by atoms with Gasteiger partial charge in [0.25, 0.3) is 5.91 Å². The zero-order chi connectivity index (χ0) is 20.5. The first kappa shape index (κ1) is 18.4. The van der Waals surface area contributed by atoms with E-state index >= 15 is 0 Å². The highest BCUT2D eigenvalue weighted by Gasteiger charge is 2.28. The van der Waals surface area contributed by atoms with Gasteiger partial charge in [0, 0.05) is 48.7 Å². The van der Waals surface area contributed by atoms with E-state index in [4.69, 9.17) is 0 Å². The lowest BCUT2D eigenvalue weighted by molar-refractivity contribution is 0.0704. The second kappa shape index (κ2) is 7.67. The number of benzene rings is 1. The topological polar surface area (TPSA) is 63.4 Å². The van der Waals surface area contributed by atoms with E-state index in [2.05, 4.69) is 15.1 Å². The molecule has 4 aromatic rings. The Labute approximate surface area is 173 Å². The number of amides is 1. The van der Waals surface area contributed by atoms with Crippen molar-refractivity contribution in [3.05, 3.63) is 84.3 Å². The molecule has 0 bridgehead atoms. The Balaban J connectivity index is 1.39. The average molecular weight is 401 g/mol. The van der Waals surface area contributed by atoms with Gasteiger partial charge in [-0.25, -0.2) is 13.9 Å². The maximum absolute atomic E-state index is 13.6. The second-order valence-corrected chi connectivity index (χ2v) is 7.53. The van der Waals surface area contributed by atoms with Crippen molar-refractivity contribution in [1.29, 1.82) is 0 Å². The van der Waals surface area contributed by atoms with E-state index in [1.165, 1.54) is 12.1 Å². The highest BCUT2D eigenvalue weighted by molar-refractivity contribution is 5.94. The van der Waals surface area contributed by atoms with E-state index in [1.54, 1.807) is 35.1 Å². The lowest BCUT2D eigenvalue weighted by Crippen LogP contribution is -2.39. The smallest absolute Gasteiger partial charge is 0.253 e. The van der Waals surface area contributed by atoms with Gasteiger partial charge in [0.1, 0.15) is 5.82 Å². The van der Waals surface area contributed by atoms with Crippen LogP contribution in [0.15, 0.2) is 67.1 Å². The second-order valence-electron chi connectivity index (χ2n) is 7.53. The third kappa shape index (κ3) is 3.54. The number of hydrogen-bond donors (Lipinski definition) is 0. The van der Waals surface area contributed by atoms with Gasteiger partial charge >= 0.3 is 0 Å². The Bertz CT molecular complexity index is 1210. The van der Waals surface area contributed by atoms with Crippen molar-refractivity contribution in [1.82, 2.24) is 24.5 Å². The number of nitrogens with zero attached hydrogens (tertiary/aromatic N) is 5. The molecule has 1 amide bonds. The number of hydrogen-bond acceptors (Lipinski definition) is 4. The molecule has 0 saturated carbocycles. The van der Waals surface area contributed by atoms with E-state index in [0.29, 0.717) is 12.1 Å². The zero-order valence-corrected chi connectivity index (χ0v) is 16.3. The van der Waals surface area contributed by atoms with Crippen LogP contribution in [-0.2, 0) is 0 Å². The van der Waals surface area contributed by atoms with Gasteiger partial charge in [-0.05, 0) is 54.8 Å². The van der Waals surface area contributed by atoms with Crippen LogP contribution in [0.1, 0.15) is 34.9 Å². The molecule has 0 aliphatic carbocycles. The number of pyridine rings is 2. The molecule has 1 aliphatic rings. The Kier molecular flexibility index (Phi) is 4.71. The Morgan fingerprint density at radius 3 is 2.77 bits per heavy atom. The van der Waals surface area contributed by atoms with Crippen LogP contribution in [0.4, 0.5) is 4.39 Å². The molecule has 3 aromatic heterocycles. The van der Waals surface area contributed by atoms with Crippen LogP contribution < -0.4 is 0 Å². The molecule has 1 aromatic carbocycles.